The van der Waals surface area contributed by atoms with E-state index in [-0.39, 0.29) is 5.97 Å². The smallest absolute Gasteiger partial charge is 0.330 e. The SMILES string of the molecule is COC(=O)/C=C(\C)c1ccc(OCc2nc(-c3ccccc3)oc2C)cc1. The summed E-state index contributed by atoms with van der Waals surface area (Å²) in [4.78, 5) is 15.8. The lowest BCUT2D eigenvalue weighted by molar-refractivity contribution is -0.134. The molecule has 0 fully saturated rings. The van der Waals surface area contributed by atoms with E-state index < -0.39 is 0 Å². The predicted octanol–water partition coefficient (Wildman–Crippen LogP) is 4.81. The van der Waals surface area contributed by atoms with E-state index in [1.807, 2.05) is 68.4 Å². The first kappa shape index (κ1) is 18.5. The molecular weight excluding hydrogens is 342 g/mol. The Morgan fingerprint density at radius 1 is 1.11 bits per heavy atom. The van der Waals surface area contributed by atoms with E-state index in [1.54, 1.807) is 0 Å². The molecule has 0 aliphatic heterocycles. The van der Waals surface area contributed by atoms with Gasteiger partial charge < -0.3 is 13.9 Å². The lowest BCUT2D eigenvalue weighted by Gasteiger charge is -2.06. The Kier molecular flexibility index (Phi) is 5.71. The number of carbonyl (C=O) groups excluding carboxylic acids is 1. The number of oxazole rings is 1. The molecule has 27 heavy (non-hydrogen) atoms. The minimum absolute atomic E-state index is 0.318. The molecule has 0 radical (unpaired) electrons. The Balaban J connectivity index is 1.66. The van der Waals surface area contributed by atoms with Crippen LogP contribution in [0.3, 0.4) is 0 Å². The van der Waals surface area contributed by atoms with Crippen LogP contribution in [0, 0.1) is 6.92 Å². The van der Waals surface area contributed by atoms with E-state index in [0.29, 0.717) is 18.2 Å². The van der Waals surface area contributed by atoms with Crippen LogP contribution in [-0.4, -0.2) is 18.1 Å². The number of benzene rings is 2. The van der Waals surface area contributed by atoms with Gasteiger partial charge in [-0.15, -0.1) is 0 Å². The maximum Gasteiger partial charge on any atom is 0.330 e. The molecule has 5 heteroatoms. The van der Waals surface area contributed by atoms with Crippen LogP contribution in [0.5, 0.6) is 5.75 Å². The van der Waals surface area contributed by atoms with Gasteiger partial charge in [0, 0.05) is 11.6 Å². The molecule has 2 aromatic carbocycles. The van der Waals surface area contributed by atoms with Crippen LogP contribution in [0.2, 0.25) is 0 Å². The van der Waals surface area contributed by atoms with Crippen LogP contribution < -0.4 is 4.74 Å². The van der Waals surface area contributed by atoms with E-state index in [0.717, 1.165) is 28.2 Å². The molecule has 0 spiro atoms. The molecule has 0 amide bonds. The second-order valence-electron chi connectivity index (χ2n) is 6.05. The third-order valence-electron chi connectivity index (χ3n) is 4.13. The highest BCUT2D eigenvalue weighted by molar-refractivity contribution is 5.90. The first-order valence-electron chi connectivity index (χ1n) is 8.58. The van der Waals surface area contributed by atoms with E-state index in [4.69, 9.17) is 9.15 Å². The summed E-state index contributed by atoms with van der Waals surface area (Å²) in [6.45, 7) is 4.05. The standard InChI is InChI=1S/C22H21NO4/c1-15(13-21(24)25-3)17-9-11-19(12-10-17)26-14-20-16(2)27-22(23-20)18-7-5-4-6-8-18/h4-13H,14H2,1-3H3/b15-13+. The summed E-state index contributed by atoms with van der Waals surface area (Å²) in [5, 5.41) is 0. The zero-order valence-electron chi connectivity index (χ0n) is 15.6. The molecule has 138 valence electrons. The van der Waals surface area contributed by atoms with Crippen molar-refractivity contribution in [2.24, 2.45) is 0 Å². The molecule has 0 saturated carbocycles. The molecule has 3 rings (SSSR count). The van der Waals surface area contributed by atoms with Crippen LogP contribution in [0.25, 0.3) is 17.0 Å². The fourth-order valence-electron chi connectivity index (χ4n) is 2.55. The minimum Gasteiger partial charge on any atom is -0.487 e. The zero-order valence-corrected chi connectivity index (χ0v) is 15.6. The molecule has 0 unspecified atom stereocenters. The molecule has 0 atom stereocenters. The summed E-state index contributed by atoms with van der Waals surface area (Å²) in [6.07, 6.45) is 1.46. The number of ether oxygens (including phenoxy) is 2. The Morgan fingerprint density at radius 3 is 2.48 bits per heavy atom. The normalized spacial score (nSPS) is 11.3. The van der Waals surface area contributed by atoms with Crippen molar-refractivity contribution in [1.29, 1.82) is 0 Å². The minimum atomic E-state index is -0.372. The van der Waals surface area contributed by atoms with Crippen molar-refractivity contribution in [2.75, 3.05) is 7.11 Å². The largest absolute Gasteiger partial charge is 0.487 e. The van der Waals surface area contributed by atoms with Crippen molar-refractivity contribution in [3.63, 3.8) is 0 Å². The number of carbonyl (C=O) groups is 1. The van der Waals surface area contributed by atoms with Crippen molar-refractivity contribution in [2.45, 2.75) is 20.5 Å². The van der Waals surface area contributed by atoms with Gasteiger partial charge in [0.05, 0.1) is 7.11 Å². The lowest BCUT2D eigenvalue weighted by atomic mass is 10.1. The van der Waals surface area contributed by atoms with Gasteiger partial charge in [-0.2, -0.15) is 0 Å². The molecule has 0 bridgehead atoms. The molecule has 0 saturated heterocycles. The molecule has 3 aromatic rings. The number of methoxy groups -OCH3 is 1. The van der Waals surface area contributed by atoms with Gasteiger partial charge in [0.25, 0.3) is 0 Å². The Bertz CT molecular complexity index is 940. The number of allylic oxidation sites excluding steroid dienone is 1. The van der Waals surface area contributed by atoms with E-state index in [9.17, 15) is 4.79 Å². The number of aromatic nitrogens is 1. The number of aryl methyl sites for hydroxylation is 1. The fourth-order valence-corrected chi connectivity index (χ4v) is 2.55. The van der Waals surface area contributed by atoms with Crippen LogP contribution in [0.15, 0.2) is 65.1 Å². The highest BCUT2D eigenvalue weighted by Gasteiger charge is 2.12. The van der Waals surface area contributed by atoms with Gasteiger partial charge in [-0.25, -0.2) is 9.78 Å². The van der Waals surface area contributed by atoms with Crippen molar-refractivity contribution in [1.82, 2.24) is 4.98 Å². The average molecular weight is 363 g/mol. The van der Waals surface area contributed by atoms with Gasteiger partial charge in [-0.05, 0) is 49.2 Å². The van der Waals surface area contributed by atoms with Crippen molar-refractivity contribution < 1.29 is 18.7 Å². The average Bonchev–Trinajstić information content (AvgIpc) is 3.08. The Labute approximate surface area is 158 Å². The molecule has 1 heterocycles. The molecule has 5 nitrogen and oxygen atoms in total. The van der Waals surface area contributed by atoms with Gasteiger partial charge in [0.1, 0.15) is 23.8 Å². The van der Waals surface area contributed by atoms with Crippen LogP contribution in [0.4, 0.5) is 0 Å². The zero-order chi connectivity index (χ0) is 19.2. The van der Waals surface area contributed by atoms with Gasteiger partial charge in [-0.3, -0.25) is 0 Å². The summed E-state index contributed by atoms with van der Waals surface area (Å²) in [7, 11) is 1.36. The van der Waals surface area contributed by atoms with Gasteiger partial charge in [0.15, 0.2) is 0 Å². The second kappa shape index (κ2) is 8.36. The Morgan fingerprint density at radius 2 is 1.81 bits per heavy atom. The number of esters is 1. The third-order valence-corrected chi connectivity index (χ3v) is 4.13. The highest BCUT2D eigenvalue weighted by atomic mass is 16.5. The van der Waals surface area contributed by atoms with E-state index in [1.165, 1.54) is 13.2 Å². The summed E-state index contributed by atoms with van der Waals surface area (Å²) < 4.78 is 16.2. The summed E-state index contributed by atoms with van der Waals surface area (Å²) >= 11 is 0. The number of rotatable bonds is 6. The first-order valence-corrected chi connectivity index (χ1v) is 8.58. The van der Waals surface area contributed by atoms with E-state index in [2.05, 4.69) is 9.72 Å². The van der Waals surface area contributed by atoms with Gasteiger partial charge >= 0.3 is 5.97 Å². The first-order chi connectivity index (χ1) is 13.1. The quantitative estimate of drug-likeness (QED) is 0.465. The Hall–Kier alpha value is -3.34. The van der Waals surface area contributed by atoms with Crippen LogP contribution in [-0.2, 0) is 16.1 Å². The van der Waals surface area contributed by atoms with Crippen molar-refractivity contribution >= 4 is 11.5 Å². The van der Waals surface area contributed by atoms with E-state index >= 15 is 0 Å². The molecule has 0 aliphatic rings. The van der Waals surface area contributed by atoms with Gasteiger partial charge in [-0.1, -0.05) is 30.3 Å². The van der Waals surface area contributed by atoms with Gasteiger partial charge in [0.2, 0.25) is 5.89 Å². The monoisotopic (exact) mass is 363 g/mol. The maximum absolute atomic E-state index is 11.3. The number of hydrogen-bond donors (Lipinski definition) is 0. The summed E-state index contributed by atoms with van der Waals surface area (Å²) in [5.74, 6) is 1.67. The maximum atomic E-state index is 11.3. The topological polar surface area (TPSA) is 61.6 Å². The number of hydrogen-bond acceptors (Lipinski definition) is 5. The number of nitrogens with zero attached hydrogens (tertiary/aromatic N) is 1. The molecule has 0 aliphatic carbocycles. The summed E-state index contributed by atoms with van der Waals surface area (Å²) in [5.41, 5.74) is 3.45. The summed E-state index contributed by atoms with van der Waals surface area (Å²) in [6, 6.07) is 17.3. The highest BCUT2D eigenvalue weighted by Crippen LogP contribution is 2.23. The van der Waals surface area contributed by atoms with Crippen molar-refractivity contribution in [3.8, 4) is 17.2 Å². The molecular formula is C22H21NO4. The molecule has 0 N–H and O–H groups in total. The van der Waals surface area contributed by atoms with Crippen molar-refractivity contribution in [3.05, 3.63) is 77.7 Å². The fraction of sp³-hybridized carbons (Fsp3) is 0.182. The van der Waals surface area contributed by atoms with Crippen LogP contribution in [0.1, 0.15) is 23.9 Å². The second-order valence-corrected chi connectivity index (χ2v) is 6.05. The lowest BCUT2D eigenvalue weighted by Crippen LogP contribution is -1.98. The molecule has 1 aromatic heterocycles. The van der Waals surface area contributed by atoms with Crippen LogP contribution >= 0.6 is 0 Å². The predicted molar refractivity (Wildman–Crippen MR) is 103 cm³/mol. The third kappa shape index (κ3) is 4.64.